The molecule has 0 bridgehead atoms. The summed E-state index contributed by atoms with van der Waals surface area (Å²) in [6.07, 6.45) is 0. The van der Waals surface area contributed by atoms with Crippen molar-refractivity contribution < 1.29 is 10.1 Å². The van der Waals surface area contributed by atoms with Crippen molar-refractivity contribution in [3.8, 4) is 0 Å². The van der Waals surface area contributed by atoms with Crippen LogP contribution >= 0.6 is 0 Å². The molecule has 1 fully saturated rings. The lowest BCUT2D eigenvalue weighted by Crippen LogP contribution is -2.87. The highest BCUT2D eigenvalue weighted by atomic mass is 16.2. The number of carbonyl (C=O) groups excluding carboxylic acids is 1. The minimum atomic E-state index is 0.244. The molecule has 2 N–H and O–H groups in total. The van der Waals surface area contributed by atoms with Crippen LogP contribution in [0.25, 0.3) is 0 Å². The molecule has 0 saturated carbocycles. The van der Waals surface area contributed by atoms with Crippen molar-refractivity contribution in [1.82, 2.24) is 4.90 Å². The Labute approximate surface area is 156 Å². The number of benzene rings is 2. The molecule has 0 aromatic heterocycles. The maximum atomic E-state index is 12.6. The Morgan fingerprint density at radius 2 is 1.69 bits per heavy atom. The molecule has 0 spiro atoms. The Morgan fingerprint density at radius 1 is 1.00 bits per heavy atom. The molecule has 1 aliphatic rings. The number of piperazine rings is 1. The largest absolute Gasteiger partial charge is 0.368 e. The van der Waals surface area contributed by atoms with Crippen molar-refractivity contribution in [3.05, 3.63) is 65.2 Å². The zero-order chi connectivity index (χ0) is 18.5. The van der Waals surface area contributed by atoms with E-state index in [0.717, 1.165) is 26.2 Å². The van der Waals surface area contributed by atoms with Gasteiger partial charge < -0.3 is 15.1 Å². The van der Waals surface area contributed by atoms with E-state index >= 15 is 0 Å². The summed E-state index contributed by atoms with van der Waals surface area (Å²) in [4.78, 5) is 17.0. The molecule has 0 radical (unpaired) electrons. The molecule has 3 rings (SSSR count). The second-order valence-corrected chi connectivity index (χ2v) is 7.23. The monoisotopic (exact) mass is 352 g/mol. The smallest absolute Gasteiger partial charge is 0.277 e. The fourth-order valence-electron chi connectivity index (χ4n) is 3.57. The summed E-state index contributed by atoms with van der Waals surface area (Å²) in [7, 11) is 0. The van der Waals surface area contributed by atoms with Crippen molar-refractivity contribution >= 4 is 11.6 Å². The van der Waals surface area contributed by atoms with Gasteiger partial charge in [-0.15, -0.1) is 0 Å². The zero-order valence-electron chi connectivity index (χ0n) is 16.1. The maximum absolute atomic E-state index is 12.6. The third-order valence-electron chi connectivity index (χ3n) is 5.52. The van der Waals surface area contributed by atoms with Crippen LogP contribution in [0.15, 0.2) is 48.5 Å². The Morgan fingerprint density at radius 3 is 2.38 bits per heavy atom. The highest BCUT2D eigenvalue weighted by Gasteiger charge is 2.23. The van der Waals surface area contributed by atoms with Gasteiger partial charge in [0.1, 0.15) is 6.04 Å². The van der Waals surface area contributed by atoms with Gasteiger partial charge in [0.05, 0.1) is 0 Å². The van der Waals surface area contributed by atoms with Gasteiger partial charge >= 0.3 is 0 Å². The van der Waals surface area contributed by atoms with Crippen LogP contribution in [-0.4, -0.2) is 43.5 Å². The fourth-order valence-corrected chi connectivity index (χ4v) is 3.57. The van der Waals surface area contributed by atoms with Crippen molar-refractivity contribution in [3.63, 3.8) is 0 Å². The number of rotatable bonds is 5. The van der Waals surface area contributed by atoms with E-state index in [0.29, 0.717) is 12.6 Å². The van der Waals surface area contributed by atoms with Gasteiger partial charge in [0.2, 0.25) is 0 Å². The minimum Gasteiger partial charge on any atom is -0.368 e. The molecule has 0 aliphatic carbocycles. The van der Waals surface area contributed by atoms with Crippen LogP contribution in [0.3, 0.4) is 0 Å². The predicted octanol–water partition coefficient (Wildman–Crippen LogP) is 2.28. The number of anilines is 1. The second-order valence-electron chi connectivity index (χ2n) is 7.23. The number of amides is 1. The molecule has 2 aromatic rings. The molecule has 1 atom stereocenters. The number of hydrogen-bond acceptors (Lipinski definition) is 2. The van der Waals surface area contributed by atoms with Gasteiger partial charge in [0.25, 0.3) is 5.91 Å². The lowest BCUT2D eigenvalue weighted by Gasteiger charge is -2.36. The zero-order valence-corrected chi connectivity index (χ0v) is 16.1. The molecule has 4 heteroatoms. The SMILES string of the molecule is Cc1cccc(N2CCN(C(=O)C[NH2+][C@H](C)c3ccccc3)CC2)c1C. The first kappa shape index (κ1) is 18.5. The summed E-state index contributed by atoms with van der Waals surface area (Å²) in [5, 5.41) is 2.13. The first-order valence-electron chi connectivity index (χ1n) is 9.53. The quantitative estimate of drug-likeness (QED) is 0.897. The Balaban J connectivity index is 1.50. The Hall–Kier alpha value is -2.33. The van der Waals surface area contributed by atoms with Gasteiger partial charge in [0.15, 0.2) is 6.54 Å². The van der Waals surface area contributed by atoms with Gasteiger partial charge in [-0.25, -0.2) is 0 Å². The molecule has 26 heavy (non-hydrogen) atoms. The van der Waals surface area contributed by atoms with Crippen LogP contribution in [0.1, 0.15) is 29.7 Å². The van der Waals surface area contributed by atoms with Crippen molar-refractivity contribution in [1.29, 1.82) is 0 Å². The van der Waals surface area contributed by atoms with E-state index in [2.05, 4.69) is 61.3 Å². The number of quaternary nitrogens is 1. The normalized spacial score (nSPS) is 15.8. The summed E-state index contributed by atoms with van der Waals surface area (Å²) in [5.74, 6) is 0.244. The summed E-state index contributed by atoms with van der Waals surface area (Å²) < 4.78 is 0. The van der Waals surface area contributed by atoms with Crippen LogP contribution in [0, 0.1) is 13.8 Å². The van der Waals surface area contributed by atoms with E-state index in [1.807, 2.05) is 23.1 Å². The lowest BCUT2D eigenvalue weighted by molar-refractivity contribution is -0.683. The van der Waals surface area contributed by atoms with Crippen LogP contribution in [0.5, 0.6) is 0 Å². The standard InChI is InChI=1S/C22H29N3O/c1-17-8-7-11-21(18(17)2)24-12-14-25(15-13-24)22(26)16-23-19(3)20-9-5-4-6-10-20/h4-11,19,23H,12-16H2,1-3H3/p+1/t19-/m1/s1. The van der Waals surface area contributed by atoms with Crippen LogP contribution < -0.4 is 10.2 Å². The number of hydrogen-bond donors (Lipinski definition) is 1. The van der Waals surface area contributed by atoms with Crippen molar-refractivity contribution in [2.75, 3.05) is 37.6 Å². The molecular weight excluding hydrogens is 322 g/mol. The molecule has 138 valence electrons. The topological polar surface area (TPSA) is 40.2 Å². The number of carbonyl (C=O) groups is 1. The summed E-state index contributed by atoms with van der Waals surface area (Å²) >= 11 is 0. The summed E-state index contributed by atoms with van der Waals surface area (Å²) in [5.41, 5.74) is 5.24. The number of aryl methyl sites for hydroxylation is 1. The van der Waals surface area contributed by atoms with E-state index in [9.17, 15) is 4.79 Å². The van der Waals surface area contributed by atoms with E-state index in [4.69, 9.17) is 0 Å². The van der Waals surface area contributed by atoms with E-state index in [1.165, 1.54) is 22.4 Å². The van der Waals surface area contributed by atoms with Crippen LogP contribution in [-0.2, 0) is 4.79 Å². The summed E-state index contributed by atoms with van der Waals surface area (Å²) in [6, 6.07) is 17.1. The first-order chi connectivity index (χ1) is 12.6. The lowest BCUT2D eigenvalue weighted by atomic mass is 10.1. The van der Waals surface area contributed by atoms with E-state index in [1.54, 1.807) is 0 Å². The predicted molar refractivity (Wildman–Crippen MR) is 106 cm³/mol. The highest BCUT2D eigenvalue weighted by Crippen LogP contribution is 2.23. The molecule has 0 unspecified atom stereocenters. The fraction of sp³-hybridized carbons (Fsp3) is 0.409. The summed E-state index contributed by atoms with van der Waals surface area (Å²) in [6.45, 7) is 10.4. The van der Waals surface area contributed by atoms with Crippen LogP contribution in [0.2, 0.25) is 0 Å². The Bertz CT molecular complexity index is 736. The molecule has 2 aromatic carbocycles. The highest BCUT2D eigenvalue weighted by molar-refractivity contribution is 5.77. The minimum absolute atomic E-state index is 0.244. The van der Waals surface area contributed by atoms with Gasteiger partial charge in [0, 0.05) is 37.4 Å². The van der Waals surface area contributed by atoms with Gasteiger partial charge in [-0.3, -0.25) is 4.79 Å². The average Bonchev–Trinajstić information content (AvgIpc) is 2.69. The van der Waals surface area contributed by atoms with Gasteiger partial charge in [-0.1, -0.05) is 42.5 Å². The average molecular weight is 353 g/mol. The molecule has 1 amide bonds. The third kappa shape index (κ3) is 4.25. The van der Waals surface area contributed by atoms with Gasteiger partial charge in [-0.05, 0) is 38.0 Å². The molecule has 4 nitrogen and oxygen atoms in total. The maximum Gasteiger partial charge on any atom is 0.277 e. The van der Waals surface area contributed by atoms with E-state index in [-0.39, 0.29) is 5.91 Å². The van der Waals surface area contributed by atoms with Gasteiger partial charge in [-0.2, -0.15) is 0 Å². The molecule has 1 heterocycles. The Kier molecular flexibility index (Phi) is 5.94. The van der Waals surface area contributed by atoms with Crippen LogP contribution in [0.4, 0.5) is 5.69 Å². The van der Waals surface area contributed by atoms with Crippen molar-refractivity contribution in [2.45, 2.75) is 26.8 Å². The molecule has 1 aliphatic heterocycles. The number of nitrogens with zero attached hydrogens (tertiary/aromatic N) is 2. The second kappa shape index (κ2) is 8.37. The first-order valence-corrected chi connectivity index (χ1v) is 9.53. The van der Waals surface area contributed by atoms with Crippen molar-refractivity contribution in [2.24, 2.45) is 0 Å². The van der Waals surface area contributed by atoms with E-state index < -0.39 is 0 Å². The third-order valence-corrected chi connectivity index (χ3v) is 5.52. The molecule has 1 saturated heterocycles. The molecular formula is C22H30N3O+. The number of nitrogens with two attached hydrogens (primary N) is 1.